The molecule has 6 heteroatoms. The van der Waals surface area contributed by atoms with Crippen LogP contribution in [-0.2, 0) is 0 Å². The van der Waals surface area contributed by atoms with Crippen LogP contribution >= 0.6 is 0 Å². The Hall–Kier alpha value is -1.82. The van der Waals surface area contributed by atoms with Crippen molar-refractivity contribution in [3.05, 3.63) is 30.1 Å². The Labute approximate surface area is 129 Å². The molecule has 3 N–H and O–H groups in total. The maximum absolute atomic E-state index is 12.9. The summed E-state index contributed by atoms with van der Waals surface area (Å²) in [6.45, 7) is 0.825. The second kappa shape index (κ2) is 7.98. The zero-order valence-corrected chi connectivity index (χ0v) is 12.6. The third-order valence-electron chi connectivity index (χ3n) is 3.81. The molecule has 0 radical (unpaired) electrons. The van der Waals surface area contributed by atoms with E-state index in [1.165, 1.54) is 12.1 Å². The van der Waals surface area contributed by atoms with Crippen molar-refractivity contribution in [3.8, 4) is 5.75 Å². The SMILES string of the molecule is O=C(NCCOc1cccc(F)c1)NCC1(O)CCCCC1. The molecule has 0 spiro atoms. The van der Waals surface area contributed by atoms with Gasteiger partial charge in [-0.1, -0.05) is 25.3 Å². The number of benzene rings is 1. The zero-order valence-electron chi connectivity index (χ0n) is 12.6. The van der Waals surface area contributed by atoms with Gasteiger partial charge in [0.15, 0.2) is 0 Å². The summed E-state index contributed by atoms with van der Waals surface area (Å²) in [7, 11) is 0. The smallest absolute Gasteiger partial charge is 0.315 e. The molecule has 0 saturated heterocycles. The molecule has 1 aliphatic rings. The second-order valence-corrected chi connectivity index (χ2v) is 5.70. The third kappa shape index (κ3) is 5.52. The summed E-state index contributed by atoms with van der Waals surface area (Å²) < 4.78 is 18.3. The van der Waals surface area contributed by atoms with Crippen LogP contribution < -0.4 is 15.4 Å². The lowest BCUT2D eigenvalue weighted by Crippen LogP contribution is -2.47. The van der Waals surface area contributed by atoms with E-state index in [4.69, 9.17) is 4.74 Å². The Kier molecular flexibility index (Phi) is 6.00. The van der Waals surface area contributed by atoms with E-state index in [1.807, 2.05) is 0 Å². The van der Waals surface area contributed by atoms with Gasteiger partial charge in [-0.2, -0.15) is 0 Å². The highest BCUT2D eigenvalue weighted by molar-refractivity contribution is 5.73. The molecular formula is C16H23FN2O3. The van der Waals surface area contributed by atoms with E-state index in [2.05, 4.69) is 10.6 Å². The van der Waals surface area contributed by atoms with Crippen LogP contribution in [0.1, 0.15) is 32.1 Å². The van der Waals surface area contributed by atoms with Crippen LogP contribution in [0.4, 0.5) is 9.18 Å². The van der Waals surface area contributed by atoms with Crippen LogP contribution in [-0.4, -0.2) is 36.4 Å². The first-order valence-corrected chi connectivity index (χ1v) is 7.70. The van der Waals surface area contributed by atoms with Gasteiger partial charge in [-0.15, -0.1) is 0 Å². The number of urea groups is 1. The molecule has 5 nitrogen and oxygen atoms in total. The summed E-state index contributed by atoms with van der Waals surface area (Å²) in [4.78, 5) is 11.6. The van der Waals surface area contributed by atoms with Gasteiger partial charge in [-0.25, -0.2) is 9.18 Å². The zero-order chi connectivity index (χ0) is 15.8. The van der Waals surface area contributed by atoms with E-state index in [-0.39, 0.29) is 25.0 Å². The average molecular weight is 310 g/mol. The molecule has 1 aliphatic carbocycles. The number of carbonyl (C=O) groups is 1. The molecule has 1 aromatic rings. The van der Waals surface area contributed by atoms with Crippen molar-refractivity contribution in [2.45, 2.75) is 37.7 Å². The predicted molar refractivity (Wildman–Crippen MR) is 81.3 cm³/mol. The minimum absolute atomic E-state index is 0.251. The molecule has 0 bridgehead atoms. The van der Waals surface area contributed by atoms with E-state index < -0.39 is 5.60 Å². The van der Waals surface area contributed by atoms with Gasteiger partial charge in [0.1, 0.15) is 18.2 Å². The van der Waals surface area contributed by atoms with Gasteiger partial charge in [-0.3, -0.25) is 0 Å². The predicted octanol–water partition coefficient (Wildman–Crippen LogP) is 2.20. The fourth-order valence-corrected chi connectivity index (χ4v) is 2.58. The van der Waals surface area contributed by atoms with Crippen LogP contribution in [0.3, 0.4) is 0 Å². The van der Waals surface area contributed by atoms with E-state index in [1.54, 1.807) is 12.1 Å². The molecule has 122 valence electrons. The van der Waals surface area contributed by atoms with Gasteiger partial charge in [0.2, 0.25) is 0 Å². The van der Waals surface area contributed by atoms with Crippen molar-refractivity contribution in [2.75, 3.05) is 19.7 Å². The van der Waals surface area contributed by atoms with Gasteiger partial charge < -0.3 is 20.5 Å². The molecule has 22 heavy (non-hydrogen) atoms. The van der Waals surface area contributed by atoms with E-state index >= 15 is 0 Å². The van der Waals surface area contributed by atoms with Crippen molar-refractivity contribution in [3.63, 3.8) is 0 Å². The van der Waals surface area contributed by atoms with Crippen LogP contribution in [0.2, 0.25) is 0 Å². The first kappa shape index (κ1) is 16.5. The highest BCUT2D eigenvalue weighted by Gasteiger charge is 2.29. The lowest BCUT2D eigenvalue weighted by Gasteiger charge is -2.32. The Bertz CT molecular complexity index is 490. The first-order valence-electron chi connectivity index (χ1n) is 7.70. The molecule has 0 aliphatic heterocycles. The monoisotopic (exact) mass is 310 g/mol. The van der Waals surface area contributed by atoms with E-state index in [9.17, 15) is 14.3 Å². The van der Waals surface area contributed by atoms with Gasteiger partial charge in [-0.05, 0) is 25.0 Å². The second-order valence-electron chi connectivity index (χ2n) is 5.70. The molecule has 0 heterocycles. The summed E-state index contributed by atoms with van der Waals surface area (Å²) in [6.07, 6.45) is 4.61. The number of hydrogen-bond acceptors (Lipinski definition) is 3. The number of ether oxygens (including phenoxy) is 1. The quantitative estimate of drug-likeness (QED) is 0.706. The number of aliphatic hydroxyl groups is 1. The topological polar surface area (TPSA) is 70.6 Å². The summed E-state index contributed by atoms with van der Waals surface area (Å²) in [5, 5.41) is 15.6. The fraction of sp³-hybridized carbons (Fsp3) is 0.562. The summed E-state index contributed by atoms with van der Waals surface area (Å²) in [6, 6.07) is 5.52. The molecule has 0 atom stereocenters. The highest BCUT2D eigenvalue weighted by Crippen LogP contribution is 2.27. The lowest BCUT2D eigenvalue weighted by molar-refractivity contribution is 0.00719. The number of hydrogen-bond donors (Lipinski definition) is 3. The van der Waals surface area contributed by atoms with Crippen LogP contribution in [0.5, 0.6) is 5.75 Å². The maximum Gasteiger partial charge on any atom is 0.315 e. The maximum atomic E-state index is 12.9. The van der Waals surface area contributed by atoms with Crippen molar-refractivity contribution in [1.29, 1.82) is 0 Å². The van der Waals surface area contributed by atoms with Crippen molar-refractivity contribution in [2.24, 2.45) is 0 Å². The Morgan fingerprint density at radius 1 is 1.27 bits per heavy atom. The Morgan fingerprint density at radius 3 is 2.77 bits per heavy atom. The van der Waals surface area contributed by atoms with Crippen molar-refractivity contribution >= 4 is 6.03 Å². The molecule has 2 rings (SSSR count). The summed E-state index contributed by atoms with van der Waals surface area (Å²) in [5.74, 6) is 0.0719. The number of amides is 2. The number of halogens is 1. The normalized spacial score (nSPS) is 16.8. The van der Waals surface area contributed by atoms with E-state index in [0.717, 1.165) is 32.1 Å². The minimum atomic E-state index is -0.770. The fourth-order valence-electron chi connectivity index (χ4n) is 2.58. The molecule has 2 amide bonds. The van der Waals surface area contributed by atoms with Crippen LogP contribution in [0.15, 0.2) is 24.3 Å². The molecule has 1 fully saturated rings. The molecule has 0 aromatic heterocycles. The van der Waals surface area contributed by atoms with Crippen molar-refractivity contribution < 1.29 is 19.0 Å². The first-order chi connectivity index (χ1) is 10.6. The number of nitrogens with one attached hydrogen (secondary N) is 2. The largest absolute Gasteiger partial charge is 0.492 e. The van der Waals surface area contributed by atoms with E-state index in [0.29, 0.717) is 12.3 Å². The van der Waals surface area contributed by atoms with Gasteiger partial charge in [0.25, 0.3) is 0 Å². The number of carbonyl (C=O) groups excluding carboxylic acids is 1. The standard InChI is InChI=1S/C16H23FN2O3/c17-13-5-4-6-14(11-13)22-10-9-18-15(20)19-12-16(21)7-2-1-3-8-16/h4-6,11,21H,1-3,7-10,12H2,(H2,18,19,20). The minimum Gasteiger partial charge on any atom is -0.492 e. The Balaban J connectivity index is 1.59. The molecule has 1 aromatic carbocycles. The third-order valence-corrected chi connectivity index (χ3v) is 3.81. The molecule has 0 unspecified atom stereocenters. The highest BCUT2D eigenvalue weighted by atomic mass is 19.1. The summed E-state index contributed by atoms with van der Waals surface area (Å²) in [5.41, 5.74) is -0.770. The molecular weight excluding hydrogens is 287 g/mol. The lowest BCUT2D eigenvalue weighted by atomic mass is 9.85. The average Bonchev–Trinajstić information content (AvgIpc) is 2.51. The summed E-state index contributed by atoms with van der Waals surface area (Å²) >= 11 is 0. The van der Waals surface area contributed by atoms with Crippen molar-refractivity contribution in [1.82, 2.24) is 10.6 Å². The molecule has 1 saturated carbocycles. The Morgan fingerprint density at radius 2 is 2.05 bits per heavy atom. The van der Waals surface area contributed by atoms with Gasteiger partial charge in [0.05, 0.1) is 12.1 Å². The van der Waals surface area contributed by atoms with Crippen LogP contribution in [0.25, 0.3) is 0 Å². The van der Waals surface area contributed by atoms with Gasteiger partial charge in [0, 0.05) is 12.6 Å². The van der Waals surface area contributed by atoms with Gasteiger partial charge >= 0.3 is 6.03 Å². The van der Waals surface area contributed by atoms with Crippen LogP contribution in [0, 0.1) is 5.82 Å². The number of rotatable bonds is 6.